The van der Waals surface area contributed by atoms with Crippen LogP contribution in [-0.2, 0) is 17.8 Å². The zero-order valence-electron chi connectivity index (χ0n) is 15.4. The average molecular weight is 398 g/mol. The number of ether oxygens (including phenoxy) is 1. The summed E-state index contributed by atoms with van der Waals surface area (Å²) in [6.07, 6.45) is 7.77. The molecular weight excluding hydrogens is 378 g/mol. The van der Waals surface area contributed by atoms with Crippen LogP contribution in [0.5, 0.6) is 5.75 Å². The number of hydrogen-bond acceptors (Lipinski definition) is 5. The predicted octanol–water partition coefficient (Wildman–Crippen LogP) is 2.81. The summed E-state index contributed by atoms with van der Waals surface area (Å²) in [7, 11) is 0. The van der Waals surface area contributed by atoms with Crippen LogP contribution in [0, 0.1) is 6.92 Å². The Morgan fingerprint density at radius 3 is 3.04 bits per heavy atom. The van der Waals surface area contributed by atoms with Crippen molar-refractivity contribution in [3.63, 3.8) is 0 Å². The number of rotatable bonds is 6. The SMILES string of the molecule is Cc1ccn(CCC(=O)NC[C@H]2Cc3cc(-c4cnccn4)cc(Cl)c3O2)n1. The number of aryl methyl sites for hydroxylation is 2. The zero-order chi connectivity index (χ0) is 19.5. The van der Waals surface area contributed by atoms with Crippen LogP contribution in [0.4, 0.5) is 0 Å². The van der Waals surface area contributed by atoms with Crippen LogP contribution in [0.2, 0.25) is 5.02 Å². The molecule has 0 saturated heterocycles. The van der Waals surface area contributed by atoms with E-state index in [2.05, 4.69) is 20.4 Å². The zero-order valence-corrected chi connectivity index (χ0v) is 16.2. The standard InChI is InChI=1S/C20H20ClN5O2/c1-13-2-6-26(25-13)7-3-19(27)24-11-16-9-15-8-14(10-17(21)20(15)28-16)18-12-22-4-5-23-18/h2,4-6,8,10,12,16H,3,7,9,11H2,1H3,(H,24,27)/t16-/m1/s1. The quantitative estimate of drug-likeness (QED) is 0.691. The molecule has 1 N–H and O–H groups in total. The summed E-state index contributed by atoms with van der Waals surface area (Å²) in [5, 5.41) is 7.75. The van der Waals surface area contributed by atoms with E-state index in [1.807, 2.05) is 31.3 Å². The van der Waals surface area contributed by atoms with Gasteiger partial charge in [-0.05, 0) is 25.1 Å². The average Bonchev–Trinajstić information content (AvgIpc) is 3.31. The molecule has 1 aliphatic rings. The summed E-state index contributed by atoms with van der Waals surface area (Å²) in [6, 6.07) is 5.77. The topological polar surface area (TPSA) is 81.9 Å². The predicted molar refractivity (Wildman–Crippen MR) is 105 cm³/mol. The van der Waals surface area contributed by atoms with E-state index in [4.69, 9.17) is 16.3 Å². The summed E-state index contributed by atoms with van der Waals surface area (Å²) in [5.74, 6) is 0.652. The number of carbonyl (C=O) groups is 1. The first-order chi connectivity index (χ1) is 13.6. The van der Waals surface area contributed by atoms with Gasteiger partial charge in [0.15, 0.2) is 0 Å². The van der Waals surface area contributed by atoms with Gasteiger partial charge in [0.05, 0.1) is 29.2 Å². The smallest absolute Gasteiger partial charge is 0.221 e. The van der Waals surface area contributed by atoms with E-state index in [1.165, 1.54) is 0 Å². The number of nitrogens with one attached hydrogen (secondary N) is 1. The van der Waals surface area contributed by atoms with Crippen LogP contribution in [0.25, 0.3) is 11.3 Å². The van der Waals surface area contributed by atoms with Gasteiger partial charge in [0.25, 0.3) is 0 Å². The van der Waals surface area contributed by atoms with Gasteiger partial charge >= 0.3 is 0 Å². The van der Waals surface area contributed by atoms with E-state index < -0.39 is 0 Å². The Balaban J connectivity index is 1.33. The summed E-state index contributed by atoms with van der Waals surface area (Å²) in [5.41, 5.74) is 3.62. The van der Waals surface area contributed by atoms with Gasteiger partial charge in [-0.1, -0.05) is 11.6 Å². The number of amides is 1. The molecule has 0 radical (unpaired) electrons. The van der Waals surface area contributed by atoms with Crippen LogP contribution in [-0.4, -0.2) is 38.3 Å². The lowest BCUT2D eigenvalue weighted by molar-refractivity contribution is -0.121. The Morgan fingerprint density at radius 1 is 1.39 bits per heavy atom. The van der Waals surface area contributed by atoms with Crippen LogP contribution >= 0.6 is 11.6 Å². The molecule has 144 valence electrons. The second-order valence-electron chi connectivity index (χ2n) is 6.76. The normalized spacial score (nSPS) is 15.1. The molecule has 1 aliphatic heterocycles. The monoisotopic (exact) mass is 397 g/mol. The van der Waals surface area contributed by atoms with Gasteiger partial charge in [-0.3, -0.25) is 19.4 Å². The van der Waals surface area contributed by atoms with E-state index in [-0.39, 0.29) is 12.0 Å². The summed E-state index contributed by atoms with van der Waals surface area (Å²) in [6.45, 7) is 2.91. The molecule has 1 atom stereocenters. The highest BCUT2D eigenvalue weighted by molar-refractivity contribution is 6.32. The van der Waals surface area contributed by atoms with Crippen molar-refractivity contribution in [2.24, 2.45) is 0 Å². The van der Waals surface area contributed by atoms with E-state index in [1.54, 1.807) is 23.3 Å². The minimum Gasteiger partial charge on any atom is -0.486 e. The molecule has 0 bridgehead atoms. The Hall–Kier alpha value is -2.93. The van der Waals surface area contributed by atoms with Crippen molar-refractivity contribution in [1.29, 1.82) is 0 Å². The van der Waals surface area contributed by atoms with Crippen molar-refractivity contribution in [1.82, 2.24) is 25.1 Å². The highest BCUT2D eigenvalue weighted by atomic mass is 35.5. The van der Waals surface area contributed by atoms with Crippen molar-refractivity contribution in [2.75, 3.05) is 6.54 Å². The van der Waals surface area contributed by atoms with Gasteiger partial charge in [-0.25, -0.2) is 0 Å². The molecule has 0 unspecified atom stereocenters. The Kier molecular flexibility index (Phi) is 5.25. The van der Waals surface area contributed by atoms with E-state index >= 15 is 0 Å². The number of aromatic nitrogens is 4. The number of halogens is 1. The Bertz CT molecular complexity index is 990. The molecule has 1 aromatic carbocycles. The summed E-state index contributed by atoms with van der Waals surface area (Å²) in [4.78, 5) is 20.5. The number of benzene rings is 1. The fraction of sp³-hybridized carbons (Fsp3) is 0.300. The number of carbonyl (C=O) groups excluding carboxylic acids is 1. The fourth-order valence-electron chi connectivity index (χ4n) is 3.22. The third-order valence-corrected chi connectivity index (χ3v) is 4.86. The first-order valence-electron chi connectivity index (χ1n) is 9.11. The molecule has 8 heteroatoms. The van der Waals surface area contributed by atoms with Gasteiger partial charge in [0.1, 0.15) is 11.9 Å². The van der Waals surface area contributed by atoms with E-state index in [0.717, 1.165) is 22.5 Å². The van der Waals surface area contributed by atoms with E-state index in [0.29, 0.717) is 36.7 Å². The first kappa shape index (κ1) is 18.4. The lowest BCUT2D eigenvalue weighted by Crippen LogP contribution is -2.34. The van der Waals surface area contributed by atoms with Gasteiger partial charge in [0.2, 0.25) is 5.91 Å². The number of hydrogen-bond donors (Lipinski definition) is 1. The van der Waals surface area contributed by atoms with Crippen molar-refractivity contribution in [2.45, 2.75) is 32.4 Å². The molecule has 28 heavy (non-hydrogen) atoms. The lowest BCUT2D eigenvalue weighted by Gasteiger charge is -2.12. The van der Waals surface area contributed by atoms with Gasteiger partial charge in [-0.2, -0.15) is 5.10 Å². The molecule has 0 saturated carbocycles. The Morgan fingerprint density at radius 2 is 2.29 bits per heavy atom. The summed E-state index contributed by atoms with van der Waals surface area (Å²) >= 11 is 6.40. The molecular formula is C20H20ClN5O2. The minimum absolute atomic E-state index is 0.0287. The van der Waals surface area contributed by atoms with Crippen LogP contribution in [0.3, 0.4) is 0 Å². The molecule has 0 fully saturated rings. The highest BCUT2D eigenvalue weighted by Crippen LogP contribution is 2.39. The van der Waals surface area contributed by atoms with E-state index in [9.17, 15) is 4.79 Å². The number of nitrogens with zero attached hydrogens (tertiary/aromatic N) is 4. The third-order valence-electron chi connectivity index (χ3n) is 4.58. The maximum absolute atomic E-state index is 12.1. The molecule has 1 amide bonds. The molecule has 7 nitrogen and oxygen atoms in total. The molecule has 2 aromatic heterocycles. The van der Waals surface area contributed by atoms with Crippen molar-refractivity contribution in [3.8, 4) is 17.0 Å². The largest absolute Gasteiger partial charge is 0.486 e. The van der Waals surface area contributed by atoms with Gasteiger partial charge in [-0.15, -0.1) is 0 Å². The van der Waals surface area contributed by atoms with Gasteiger partial charge < -0.3 is 10.1 Å². The van der Waals surface area contributed by atoms with Crippen molar-refractivity contribution in [3.05, 3.63) is 59.3 Å². The molecule has 3 aromatic rings. The lowest BCUT2D eigenvalue weighted by atomic mass is 10.0. The van der Waals surface area contributed by atoms with Crippen molar-refractivity contribution >= 4 is 17.5 Å². The van der Waals surface area contributed by atoms with Crippen LogP contribution in [0.15, 0.2) is 43.0 Å². The summed E-state index contributed by atoms with van der Waals surface area (Å²) < 4.78 is 7.71. The van der Waals surface area contributed by atoms with Crippen LogP contribution < -0.4 is 10.1 Å². The number of fused-ring (bicyclic) bond motifs is 1. The minimum atomic E-state index is -0.138. The van der Waals surface area contributed by atoms with Crippen molar-refractivity contribution < 1.29 is 9.53 Å². The molecule has 3 heterocycles. The second-order valence-corrected chi connectivity index (χ2v) is 7.16. The fourth-order valence-corrected chi connectivity index (χ4v) is 3.50. The second kappa shape index (κ2) is 7.98. The van der Waals surface area contributed by atoms with Gasteiger partial charge in [0, 0.05) is 49.1 Å². The highest BCUT2D eigenvalue weighted by Gasteiger charge is 2.26. The first-order valence-corrected chi connectivity index (χ1v) is 9.48. The maximum atomic E-state index is 12.1. The third kappa shape index (κ3) is 4.14. The van der Waals surface area contributed by atoms with Crippen LogP contribution in [0.1, 0.15) is 17.7 Å². The molecule has 4 rings (SSSR count). The molecule has 0 spiro atoms. The molecule has 0 aliphatic carbocycles. The maximum Gasteiger partial charge on any atom is 0.221 e. The Labute approximate surface area is 167 Å².